The third kappa shape index (κ3) is 1.01. The van der Waals surface area contributed by atoms with Gasteiger partial charge in [-0.3, -0.25) is 0 Å². The first-order valence-electron chi connectivity index (χ1n) is 5.02. The van der Waals surface area contributed by atoms with Crippen molar-refractivity contribution >= 4 is 47.2 Å². The monoisotopic (exact) mass is 246 g/mol. The zero-order valence-corrected chi connectivity index (χ0v) is 10.7. The molecule has 0 amide bonds. The maximum absolute atomic E-state index is 5.30. The standard InChI is InChI=1S/C12H10N2S2/c1-13-7-5-3-4-6-8(7)14(2)10-9(13)11(15)12(10)16/h3-6H,1-2H3. The summed E-state index contributed by atoms with van der Waals surface area (Å²) in [6.07, 6.45) is 0. The fourth-order valence-electron chi connectivity index (χ4n) is 2.26. The molecule has 0 fully saturated rings. The fraction of sp³-hybridized carbons (Fsp3) is 0.167. The molecular weight excluding hydrogens is 236 g/mol. The van der Waals surface area contributed by atoms with E-state index in [1.807, 2.05) is 26.2 Å². The minimum absolute atomic E-state index is 0.814. The second-order valence-corrected chi connectivity index (χ2v) is 4.78. The molecule has 0 radical (unpaired) electrons. The molecule has 16 heavy (non-hydrogen) atoms. The number of benzene rings is 1. The Hall–Kier alpha value is -1.26. The van der Waals surface area contributed by atoms with Crippen molar-refractivity contribution in [1.82, 2.24) is 0 Å². The van der Waals surface area contributed by atoms with Gasteiger partial charge in [0.25, 0.3) is 0 Å². The third-order valence-corrected chi connectivity index (χ3v) is 4.06. The number of fused-ring (bicyclic) bond motifs is 2. The minimum atomic E-state index is 0.814. The van der Waals surface area contributed by atoms with Crippen molar-refractivity contribution in [3.63, 3.8) is 0 Å². The zero-order valence-electron chi connectivity index (χ0n) is 9.02. The lowest BCUT2D eigenvalue weighted by Crippen LogP contribution is -2.27. The van der Waals surface area contributed by atoms with Crippen LogP contribution in [0.25, 0.3) is 0 Å². The minimum Gasteiger partial charge on any atom is -0.340 e. The maximum atomic E-state index is 5.30. The molecule has 0 saturated heterocycles. The number of anilines is 4. The molecule has 0 saturated carbocycles. The molecule has 1 aliphatic heterocycles. The number of hydrogen-bond donors (Lipinski definition) is 0. The average Bonchev–Trinajstić information content (AvgIpc) is 2.32. The summed E-state index contributed by atoms with van der Waals surface area (Å²) in [7, 11) is 4.07. The Bertz CT molecular complexity index is 596. The van der Waals surface area contributed by atoms with Crippen LogP contribution in [-0.4, -0.2) is 14.1 Å². The van der Waals surface area contributed by atoms with Gasteiger partial charge in [-0.05, 0) is 12.1 Å². The van der Waals surface area contributed by atoms with Gasteiger partial charge in [0.1, 0.15) is 0 Å². The number of para-hydroxylation sites is 2. The summed E-state index contributed by atoms with van der Waals surface area (Å²) in [6, 6.07) is 8.27. The Morgan fingerprint density at radius 2 is 1.19 bits per heavy atom. The number of rotatable bonds is 0. The molecule has 0 bridgehead atoms. The molecule has 0 atom stereocenters. The Morgan fingerprint density at radius 1 is 0.812 bits per heavy atom. The summed E-state index contributed by atoms with van der Waals surface area (Å²) in [6.45, 7) is 0. The molecular formula is C12H10N2S2. The summed E-state index contributed by atoms with van der Waals surface area (Å²) >= 11 is 10.6. The highest BCUT2D eigenvalue weighted by atomic mass is 32.1. The molecule has 3 rings (SSSR count). The summed E-state index contributed by atoms with van der Waals surface area (Å²) < 4.78 is 1.63. The zero-order chi connectivity index (χ0) is 11.4. The predicted octanol–water partition coefficient (Wildman–Crippen LogP) is 3.87. The first-order chi connectivity index (χ1) is 7.63. The first-order valence-corrected chi connectivity index (χ1v) is 5.84. The van der Waals surface area contributed by atoms with Crippen LogP contribution in [0.2, 0.25) is 0 Å². The van der Waals surface area contributed by atoms with Gasteiger partial charge in [0.05, 0.1) is 31.8 Å². The molecule has 1 aliphatic rings. The smallest absolute Gasteiger partial charge is 0.0864 e. The highest BCUT2D eigenvalue weighted by Gasteiger charge is 2.29. The predicted molar refractivity (Wildman–Crippen MR) is 73.1 cm³/mol. The Balaban J connectivity index is 2.32. The van der Waals surface area contributed by atoms with E-state index in [0.29, 0.717) is 0 Å². The molecule has 4 heteroatoms. The summed E-state index contributed by atoms with van der Waals surface area (Å²) in [5.41, 5.74) is 4.52. The molecule has 2 aromatic rings. The third-order valence-electron chi connectivity index (χ3n) is 3.14. The summed E-state index contributed by atoms with van der Waals surface area (Å²) in [4.78, 5) is 4.26. The molecule has 0 N–H and O–H groups in total. The van der Waals surface area contributed by atoms with Crippen molar-refractivity contribution < 1.29 is 0 Å². The van der Waals surface area contributed by atoms with Gasteiger partial charge in [-0.15, -0.1) is 0 Å². The lowest BCUT2D eigenvalue weighted by Gasteiger charge is -2.38. The van der Waals surface area contributed by atoms with Gasteiger partial charge in [-0.1, -0.05) is 36.6 Å². The van der Waals surface area contributed by atoms with Crippen LogP contribution in [0.15, 0.2) is 24.3 Å². The SMILES string of the molecule is CN1c2ccccc2N(C)c2c1c(=S)c2=S. The van der Waals surface area contributed by atoms with E-state index in [-0.39, 0.29) is 0 Å². The van der Waals surface area contributed by atoms with Crippen molar-refractivity contribution in [1.29, 1.82) is 0 Å². The van der Waals surface area contributed by atoms with Gasteiger partial charge in [-0.2, -0.15) is 0 Å². The first kappa shape index (κ1) is 9.93. The van der Waals surface area contributed by atoms with Gasteiger partial charge in [0, 0.05) is 14.1 Å². The normalized spacial score (nSPS) is 13.9. The van der Waals surface area contributed by atoms with E-state index in [2.05, 4.69) is 21.9 Å². The van der Waals surface area contributed by atoms with E-state index in [4.69, 9.17) is 24.4 Å². The van der Waals surface area contributed by atoms with Gasteiger partial charge in [0.15, 0.2) is 0 Å². The van der Waals surface area contributed by atoms with E-state index in [9.17, 15) is 0 Å². The van der Waals surface area contributed by atoms with E-state index in [0.717, 1.165) is 20.4 Å². The van der Waals surface area contributed by atoms with Crippen molar-refractivity contribution in [2.24, 2.45) is 0 Å². The topological polar surface area (TPSA) is 6.48 Å². The Kier molecular flexibility index (Phi) is 1.94. The molecule has 2 nitrogen and oxygen atoms in total. The highest BCUT2D eigenvalue weighted by Crippen LogP contribution is 2.50. The van der Waals surface area contributed by atoms with E-state index in [1.165, 1.54) is 11.4 Å². The molecule has 80 valence electrons. The van der Waals surface area contributed by atoms with Crippen LogP contribution in [0.3, 0.4) is 0 Å². The Morgan fingerprint density at radius 3 is 1.56 bits per heavy atom. The largest absolute Gasteiger partial charge is 0.340 e. The molecule has 1 heterocycles. The highest BCUT2D eigenvalue weighted by molar-refractivity contribution is 7.74. The number of nitrogens with zero attached hydrogens (tertiary/aromatic N) is 2. The Labute approximate surface area is 104 Å². The lowest BCUT2D eigenvalue weighted by atomic mass is 10.1. The van der Waals surface area contributed by atoms with Gasteiger partial charge in [-0.25, -0.2) is 0 Å². The second-order valence-electron chi connectivity index (χ2n) is 3.96. The quantitative estimate of drug-likeness (QED) is 0.651. The second kappa shape index (κ2) is 3.12. The van der Waals surface area contributed by atoms with Crippen LogP contribution < -0.4 is 9.80 Å². The van der Waals surface area contributed by atoms with E-state index in [1.54, 1.807) is 0 Å². The van der Waals surface area contributed by atoms with Crippen LogP contribution in [0, 0.1) is 9.02 Å². The van der Waals surface area contributed by atoms with Gasteiger partial charge in [0.2, 0.25) is 0 Å². The van der Waals surface area contributed by atoms with E-state index >= 15 is 0 Å². The number of hydrogen-bond acceptors (Lipinski definition) is 4. The molecule has 2 aromatic carbocycles. The molecule has 0 aromatic heterocycles. The summed E-state index contributed by atoms with van der Waals surface area (Å²) in [5, 5.41) is 0. The summed E-state index contributed by atoms with van der Waals surface area (Å²) in [5.74, 6) is 0. The average molecular weight is 246 g/mol. The molecule has 0 unspecified atom stereocenters. The maximum Gasteiger partial charge on any atom is 0.0864 e. The van der Waals surface area contributed by atoms with Crippen LogP contribution in [0.4, 0.5) is 22.7 Å². The molecule has 0 spiro atoms. The van der Waals surface area contributed by atoms with Crippen molar-refractivity contribution in [2.45, 2.75) is 0 Å². The lowest BCUT2D eigenvalue weighted by molar-refractivity contribution is 1.07. The van der Waals surface area contributed by atoms with Crippen LogP contribution in [-0.2, 0) is 0 Å². The molecule has 0 aliphatic carbocycles. The van der Waals surface area contributed by atoms with Crippen LogP contribution in [0.5, 0.6) is 0 Å². The van der Waals surface area contributed by atoms with Gasteiger partial charge >= 0.3 is 0 Å². The van der Waals surface area contributed by atoms with Crippen molar-refractivity contribution in [2.75, 3.05) is 23.9 Å². The van der Waals surface area contributed by atoms with Crippen molar-refractivity contribution in [3.8, 4) is 0 Å². The van der Waals surface area contributed by atoms with Crippen LogP contribution in [0.1, 0.15) is 0 Å². The van der Waals surface area contributed by atoms with Crippen LogP contribution >= 0.6 is 24.4 Å². The van der Waals surface area contributed by atoms with E-state index < -0.39 is 0 Å². The van der Waals surface area contributed by atoms with Crippen molar-refractivity contribution in [3.05, 3.63) is 33.3 Å². The van der Waals surface area contributed by atoms with Gasteiger partial charge < -0.3 is 9.80 Å². The fourth-order valence-corrected chi connectivity index (χ4v) is 2.92.